The van der Waals surface area contributed by atoms with Crippen molar-refractivity contribution in [2.45, 2.75) is 44.1 Å². The minimum Gasteiger partial charge on any atom is -0.495 e. The number of anilines is 1. The number of carbonyl (C=O) groups is 1. The summed E-state index contributed by atoms with van der Waals surface area (Å²) >= 11 is 0. The van der Waals surface area contributed by atoms with Crippen LogP contribution in [-0.4, -0.2) is 31.3 Å². The zero-order chi connectivity index (χ0) is 17.5. The molecule has 1 aromatic carbocycles. The number of nitrogens with two attached hydrogens (primary N) is 1. The first-order valence-electron chi connectivity index (χ1n) is 7.31. The van der Waals surface area contributed by atoms with Crippen LogP contribution in [0, 0.1) is 0 Å². The normalized spacial score (nSPS) is 22.4. The highest BCUT2D eigenvalue weighted by Gasteiger charge is 2.71. The minimum atomic E-state index is -2.81. The molecule has 2 rings (SSSR count). The summed E-state index contributed by atoms with van der Waals surface area (Å²) in [7, 11) is 1.40. The summed E-state index contributed by atoms with van der Waals surface area (Å²) in [5.74, 6) is -2.53. The van der Waals surface area contributed by atoms with Gasteiger partial charge < -0.3 is 15.2 Å². The molecule has 0 bridgehead atoms. The van der Waals surface area contributed by atoms with E-state index in [0.717, 1.165) is 0 Å². The fraction of sp³-hybridized carbons (Fsp3) is 0.562. The molecule has 1 aromatic rings. The van der Waals surface area contributed by atoms with Crippen LogP contribution in [0.25, 0.3) is 0 Å². The molecule has 1 aliphatic rings. The number of halogens is 2. The van der Waals surface area contributed by atoms with E-state index in [1.807, 2.05) is 0 Å². The van der Waals surface area contributed by atoms with Gasteiger partial charge in [-0.1, -0.05) is 6.07 Å². The SMILES string of the molecule is COc1cc(C2(CN)CC2(F)F)ccc1NC(=O)OC(C)(C)C. The number of rotatable bonds is 4. The van der Waals surface area contributed by atoms with Crippen molar-refractivity contribution >= 4 is 11.8 Å². The Bertz CT molecular complexity index is 614. The Morgan fingerprint density at radius 3 is 2.43 bits per heavy atom. The summed E-state index contributed by atoms with van der Waals surface area (Å²) in [5, 5.41) is 2.55. The van der Waals surface area contributed by atoms with E-state index in [-0.39, 0.29) is 18.7 Å². The molecule has 0 heterocycles. The number of alkyl halides is 2. The van der Waals surface area contributed by atoms with E-state index in [0.29, 0.717) is 11.3 Å². The van der Waals surface area contributed by atoms with Gasteiger partial charge in [0.2, 0.25) is 0 Å². The molecule has 0 saturated heterocycles. The number of hydrogen-bond acceptors (Lipinski definition) is 4. The second-order valence-corrected chi connectivity index (χ2v) is 6.71. The van der Waals surface area contributed by atoms with E-state index in [1.165, 1.54) is 25.3 Å². The molecule has 0 radical (unpaired) electrons. The number of methoxy groups -OCH3 is 1. The molecule has 5 nitrogen and oxygen atoms in total. The maximum Gasteiger partial charge on any atom is 0.412 e. The van der Waals surface area contributed by atoms with E-state index in [1.54, 1.807) is 20.8 Å². The second kappa shape index (κ2) is 5.63. The van der Waals surface area contributed by atoms with Gasteiger partial charge in [-0.3, -0.25) is 5.32 Å². The summed E-state index contributed by atoms with van der Waals surface area (Å²) in [6, 6.07) is 4.54. The molecule has 23 heavy (non-hydrogen) atoms. The summed E-state index contributed by atoms with van der Waals surface area (Å²) in [5.41, 5.74) is 4.31. The highest BCUT2D eigenvalue weighted by molar-refractivity contribution is 5.87. The molecule has 7 heteroatoms. The molecule has 0 aromatic heterocycles. The van der Waals surface area contributed by atoms with Crippen LogP contribution in [-0.2, 0) is 10.2 Å². The third kappa shape index (κ3) is 3.39. The van der Waals surface area contributed by atoms with Crippen molar-refractivity contribution in [3.8, 4) is 5.75 Å². The third-order valence-corrected chi connectivity index (χ3v) is 3.84. The van der Waals surface area contributed by atoms with Crippen LogP contribution < -0.4 is 15.8 Å². The lowest BCUT2D eigenvalue weighted by atomic mass is 9.94. The molecule has 1 unspecified atom stereocenters. The van der Waals surface area contributed by atoms with Crippen molar-refractivity contribution in [1.82, 2.24) is 0 Å². The van der Waals surface area contributed by atoms with Crippen LogP contribution in [0.3, 0.4) is 0 Å². The third-order valence-electron chi connectivity index (χ3n) is 3.84. The Morgan fingerprint density at radius 1 is 1.39 bits per heavy atom. The average Bonchev–Trinajstić information content (AvgIpc) is 3.00. The lowest BCUT2D eigenvalue weighted by Crippen LogP contribution is -2.28. The number of hydrogen-bond donors (Lipinski definition) is 2. The fourth-order valence-corrected chi connectivity index (χ4v) is 2.49. The van der Waals surface area contributed by atoms with Crippen LogP contribution in [0.1, 0.15) is 32.8 Å². The van der Waals surface area contributed by atoms with Crippen LogP contribution in [0.2, 0.25) is 0 Å². The monoisotopic (exact) mass is 328 g/mol. The zero-order valence-electron chi connectivity index (χ0n) is 13.7. The number of amides is 1. The van der Waals surface area contributed by atoms with E-state index < -0.39 is 23.0 Å². The van der Waals surface area contributed by atoms with Crippen LogP contribution in [0.5, 0.6) is 5.75 Å². The molecular weight excluding hydrogens is 306 g/mol. The Hall–Kier alpha value is -1.89. The van der Waals surface area contributed by atoms with Crippen LogP contribution >= 0.6 is 0 Å². The van der Waals surface area contributed by atoms with Crippen molar-refractivity contribution < 1.29 is 23.0 Å². The highest BCUT2D eigenvalue weighted by Crippen LogP contribution is 2.61. The first-order valence-corrected chi connectivity index (χ1v) is 7.31. The van der Waals surface area contributed by atoms with Gasteiger partial charge in [0.05, 0.1) is 18.2 Å². The molecule has 1 saturated carbocycles. The molecule has 3 N–H and O–H groups in total. The van der Waals surface area contributed by atoms with E-state index in [2.05, 4.69) is 5.32 Å². The van der Waals surface area contributed by atoms with Crippen molar-refractivity contribution in [2.75, 3.05) is 19.0 Å². The molecule has 1 aliphatic carbocycles. The molecule has 1 atom stereocenters. The summed E-state index contributed by atoms with van der Waals surface area (Å²) in [6.45, 7) is 5.08. The Morgan fingerprint density at radius 2 is 2.00 bits per heavy atom. The van der Waals surface area contributed by atoms with Crippen LogP contribution in [0.4, 0.5) is 19.3 Å². The maximum atomic E-state index is 13.7. The van der Waals surface area contributed by atoms with E-state index >= 15 is 0 Å². The largest absolute Gasteiger partial charge is 0.495 e. The van der Waals surface area contributed by atoms with Gasteiger partial charge in [-0.05, 0) is 38.5 Å². The van der Waals surface area contributed by atoms with E-state index in [4.69, 9.17) is 15.2 Å². The number of benzene rings is 1. The first kappa shape index (κ1) is 17.5. The summed E-state index contributed by atoms with van der Waals surface area (Å²) in [4.78, 5) is 11.8. The molecular formula is C16H22F2N2O3. The van der Waals surface area contributed by atoms with Gasteiger partial charge in [-0.15, -0.1) is 0 Å². The zero-order valence-corrected chi connectivity index (χ0v) is 13.7. The van der Waals surface area contributed by atoms with E-state index in [9.17, 15) is 13.6 Å². The first-order chi connectivity index (χ1) is 10.5. The number of nitrogens with one attached hydrogen (secondary N) is 1. The van der Waals surface area contributed by atoms with Crippen molar-refractivity contribution in [2.24, 2.45) is 5.73 Å². The van der Waals surface area contributed by atoms with Gasteiger partial charge in [0.1, 0.15) is 11.4 Å². The predicted octanol–water partition coefficient (Wildman–Crippen LogP) is 3.28. The standard InChI is InChI=1S/C16H22F2N2O3/c1-14(2,3)23-13(21)20-11-6-5-10(7-12(11)22-4)15(9-19)8-16(15,17)18/h5-7H,8-9,19H2,1-4H3,(H,20,21). The van der Waals surface area contributed by atoms with Gasteiger partial charge in [-0.2, -0.15) is 0 Å². The number of ether oxygens (including phenoxy) is 2. The smallest absolute Gasteiger partial charge is 0.412 e. The van der Waals surface area contributed by atoms with Crippen molar-refractivity contribution in [1.29, 1.82) is 0 Å². The van der Waals surface area contributed by atoms with Crippen molar-refractivity contribution in [3.63, 3.8) is 0 Å². The molecule has 0 spiro atoms. The highest BCUT2D eigenvalue weighted by atomic mass is 19.3. The lowest BCUT2D eigenvalue weighted by molar-refractivity contribution is 0.0635. The van der Waals surface area contributed by atoms with Gasteiger partial charge in [0.25, 0.3) is 5.92 Å². The minimum absolute atomic E-state index is 0.151. The lowest BCUT2D eigenvalue weighted by Gasteiger charge is -2.21. The summed E-state index contributed by atoms with van der Waals surface area (Å²) < 4.78 is 37.7. The Kier molecular flexibility index (Phi) is 4.28. The summed E-state index contributed by atoms with van der Waals surface area (Å²) in [6.07, 6.45) is -0.924. The Balaban J connectivity index is 2.23. The van der Waals surface area contributed by atoms with Gasteiger partial charge >= 0.3 is 6.09 Å². The van der Waals surface area contributed by atoms with Crippen molar-refractivity contribution in [3.05, 3.63) is 23.8 Å². The second-order valence-electron chi connectivity index (χ2n) is 6.71. The van der Waals surface area contributed by atoms with Gasteiger partial charge in [0, 0.05) is 13.0 Å². The predicted molar refractivity (Wildman–Crippen MR) is 83.1 cm³/mol. The van der Waals surface area contributed by atoms with Crippen LogP contribution in [0.15, 0.2) is 18.2 Å². The molecule has 1 amide bonds. The molecule has 128 valence electrons. The maximum absolute atomic E-state index is 13.7. The quantitative estimate of drug-likeness (QED) is 0.889. The topological polar surface area (TPSA) is 73.6 Å². The van der Waals surface area contributed by atoms with Gasteiger partial charge in [0.15, 0.2) is 0 Å². The fourth-order valence-electron chi connectivity index (χ4n) is 2.49. The molecule has 1 fully saturated rings. The average molecular weight is 328 g/mol. The molecule has 0 aliphatic heterocycles. The Labute approximate surface area is 134 Å². The van der Waals surface area contributed by atoms with Gasteiger partial charge in [-0.25, -0.2) is 13.6 Å². The number of carbonyl (C=O) groups excluding carboxylic acids is 1.